The van der Waals surface area contributed by atoms with Crippen LogP contribution in [0.5, 0.6) is 0 Å². The highest BCUT2D eigenvalue weighted by Gasteiger charge is 2.32. The summed E-state index contributed by atoms with van der Waals surface area (Å²) in [4.78, 5) is 34.3. The van der Waals surface area contributed by atoms with Crippen molar-refractivity contribution in [2.75, 3.05) is 11.9 Å². The average Bonchev–Trinajstić information content (AvgIpc) is 3.46. The Morgan fingerprint density at radius 1 is 1.21 bits per heavy atom. The second kappa shape index (κ2) is 10.1. The van der Waals surface area contributed by atoms with Gasteiger partial charge in [-0.15, -0.1) is 11.3 Å². The van der Waals surface area contributed by atoms with Crippen molar-refractivity contribution in [1.82, 2.24) is 9.97 Å². The smallest absolute Gasteiger partial charge is 0.338 e. The molecule has 0 aliphatic heterocycles. The van der Waals surface area contributed by atoms with Crippen LogP contribution in [0.15, 0.2) is 42.5 Å². The van der Waals surface area contributed by atoms with Gasteiger partial charge in [0.2, 0.25) is 0 Å². The first kappa shape index (κ1) is 25.7. The number of esters is 1. The monoisotopic (exact) mass is 526 g/mol. The number of aromatic nitrogens is 2. The second-order valence-electron chi connectivity index (χ2n) is 10.9. The zero-order valence-corrected chi connectivity index (χ0v) is 22.8. The van der Waals surface area contributed by atoms with E-state index in [0.29, 0.717) is 33.4 Å². The van der Waals surface area contributed by atoms with Crippen molar-refractivity contribution in [2.24, 2.45) is 11.3 Å². The molecule has 194 valence electrons. The lowest BCUT2D eigenvalue weighted by molar-refractivity contribution is -0.119. The van der Waals surface area contributed by atoms with Crippen molar-refractivity contribution in [3.05, 3.63) is 69.6 Å². The van der Waals surface area contributed by atoms with E-state index in [0.717, 1.165) is 46.3 Å². The summed E-state index contributed by atoms with van der Waals surface area (Å²) in [6, 6.07) is 15.3. The predicted octanol–water partition coefficient (Wildman–Crippen LogP) is 6.42. The van der Waals surface area contributed by atoms with Crippen LogP contribution in [0.1, 0.15) is 59.1 Å². The third-order valence-corrected chi connectivity index (χ3v) is 8.40. The van der Waals surface area contributed by atoms with Gasteiger partial charge >= 0.3 is 5.97 Å². The molecule has 0 bridgehead atoms. The van der Waals surface area contributed by atoms with Crippen molar-refractivity contribution in [3.63, 3.8) is 0 Å². The maximum Gasteiger partial charge on any atom is 0.338 e. The number of aromatic amines is 1. The molecule has 0 spiro atoms. The molecule has 2 aromatic heterocycles. The first-order chi connectivity index (χ1) is 18.1. The normalized spacial score (nSPS) is 15.1. The third kappa shape index (κ3) is 5.20. The quantitative estimate of drug-likeness (QED) is 0.292. The number of nitriles is 1. The van der Waals surface area contributed by atoms with E-state index in [1.54, 1.807) is 18.2 Å². The van der Waals surface area contributed by atoms with E-state index in [1.165, 1.54) is 11.3 Å². The Balaban J connectivity index is 1.24. The summed E-state index contributed by atoms with van der Waals surface area (Å²) in [5, 5.41) is 13.1. The van der Waals surface area contributed by atoms with Crippen LogP contribution < -0.4 is 5.32 Å². The second-order valence-corrected chi connectivity index (χ2v) is 12.0. The standard InChI is InChI=1S/C30H30N4O3S/c1-17-5-7-18(8-6-17)27-32-23-12-9-19(13-24(23)33-27)29(36)37-16-26(35)34-28-22(15-31)21-11-10-20(30(2,3)4)14-25(21)38-28/h5-9,12-13,20H,10-11,14,16H2,1-4H3,(H,32,33)(H,34,35). The van der Waals surface area contributed by atoms with Gasteiger partial charge in [-0.3, -0.25) is 4.79 Å². The number of nitrogens with one attached hydrogen (secondary N) is 2. The molecular formula is C30H30N4O3S. The van der Waals surface area contributed by atoms with Gasteiger partial charge in [-0.1, -0.05) is 50.6 Å². The molecule has 7 nitrogen and oxygen atoms in total. The van der Waals surface area contributed by atoms with Crippen LogP contribution in [-0.2, 0) is 22.4 Å². The lowest BCUT2D eigenvalue weighted by atomic mass is 9.72. The number of fused-ring (bicyclic) bond motifs is 2. The van der Waals surface area contributed by atoms with E-state index in [9.17, 15) is 14.9 Å². The SMILES string of the molecule is Cc1ccc(-c2nc3ccc(C(=O)OCC(=O)Nc4sc5c(c4C#N)CCC(C(C)(C)C)C5)cc3[nH]2)cc1. The summed E-state index contributed by atoms with van der Waals surface area (Å²) in [6.07, 6.45) is 2.77. The van der Waals surface area contributed by atoms with Crippen LogP contribution in [0, 0.1) is 29.6 Å². The summed E-state index contributed by atoms with van der Waals surface area (Å²) in [7, 11) is 0. The molecule has 1 unspecified atom stereocenters. The number of anilines is 1. The number of ether oxygens (including phenoxy) is 1. The topological polar surface area (TPSA) is 108 Å². The Hall–Kier alpha value is -3.96. The van der Waals surface area contributed by atoms with Crippen LogP contribution >= 0.6 is 11.3 Å². The minimum atomic E-state index is -0.604. The molecule has 38 heavy (non-hydrogen) atoms. The molecule has 0 saturated carbocycles. The van der Waals surface area contributed by atoms with Gasteiger partial charge in [-0.05, 0) is 61.3 Å². The molecule has 4 aromatic rings. The molecule has 5 rings (SSSR count). The summed E-state index contributed by atoms with van der Waals surface area (Å²) in [5.41, 5.74) is 5.64. The number of hydrogen-bond acceptors (Lipinski definition) is 6. The largest absolute Gasteiger partial charge is 0.452 e. The van der Waals surface area contributed by atoms with Crippen LogP contribution in [0.25, 0.3) is 22.4 Å². The number of carbonyl (C=O) groups is 2. The molecule has 8 heteroatoms. The molecule has 2 heterocycles. The minimum absolute atomic E-state index is 0.188. The Morgan fingerprint density at radius 2 is 1.97 bits per heavy atom. The first-order valence-electron chi connectivity index (χ1n) is 12.7. The summed E-state index contributed by atoms with van der Waals surface area (Å²) in [5.74, 6) is 0.174. The van der Waals surface area contributed by atoms with Gasteiger partial charge in [-0.2, -0.15) is 5.26 Å². The van der Waals surface area contributed by atoms with E-state index in [-0.39, 0.29) is 5.41 Å². The molecule has 1 atom stereocenters. The van der Waals surface area contributed by atoms with Gasteiger partial charge < -0.3 is 15.0 Å². The lowest BCUT2D eigenvalue weighted by Gasteiger charge is -2.33. The van der Waals surface area contributed by atoms with Crippen molar-refractivity contribution in [1.29, 1.82) is 5.26 Å². The highest BCUT2D eigenvalue weighted by atomic mass is 32.1. The van der Waals surface area contributed by atoms with E-state index < -0.39 is 18.5 Å². The van der Waals surface area contributed by atoms with E-state index in [4.69, 9.17) is 4.74 Å². The number of rotatable bonds is 5. The van der Waals surface area contributed by atoms with Gasteiger partial charge in [0.05, 0.1) is 22.2 Å². The number of aryl methyl sites for hydroxylation is 1. The summed E-state index contributed by atoms with van der Waals surface area (Å²) >= 11 is 1.46. The predicted molar refractivity (Wildman–Crippen MR) is 149 cm³/mol. The van der Waals surface area contributed by atoms with Crippen LogP contribution in [0.2, 0.25) is 0 Å². The minimum Gasteiger partial charge on any atom is -0.452 e. The third-order valence-electron chi connectivity index (χ3n) is 7.23. The number of benzene rings is 2. The van der Waals surface area contributed by atoms with Gasteiger partial charge in [-0.25, -0.2) is 9.78 Å². The highest BCUT2D eigenvalue weighted by Crippen LogP contribution is 2.44. The molecule has 0 radical (unpaired) electrons. The van der Waals surface area contributed by atoms with Crippen LogP contribution in [0.3, 0.4) is 0 Å². The highest BCUT2D eigenvalue weighted by molar-refractivity contribution is 7.16. The fraction of sp³-hybridized carbons (Fsp3) is 0.333. The Morgan fingerprint density at radius 3 is 2.68 bits per heavy atom. The fourth-order valence-electron chi connectivity index (χ4n) is 4.89. The molecular weight excluding hydrogens is 496 g/mol. The van der Waals surface area contributed by atoms with Crippen molar-refractivity contribution < 1.29 is 14.3 Å². The molecule has 1 amide bonds. The van der Waals surface area contributed by atoms with E-state index in [1.807, 2.05) is 31.2 Å². The number of H-pyrrole nitrogens is 1. The number of hydrogen-bond donors (Lipinski definition) is 2. The zero-order chi connectivity index (χ0) is 27.0. The molecule has 0 fully saturated rings. The van der Waals surface area contributed by atoms with Gasteiger partial charge in [0.15, 0.2) is 6.61 Å². The summed E-state index contributed by atoms with van der Waals surface area (Å²) < 4.78 is 5.29. The van der Waals surface area contributed by atoms with Gasteiger partial charge in [0.25, 0.3) is 5.91 Å². The number of carbonyl (C=O) groups excluding carboxylic acids is 2. The maximum atomic E-state index is 12.7. The molecule has 0 saturated heterocycles. The molecule has 1 aliphatic rings. The number of imidazole rings is 1. The Bertz CT molecular complexity index is 1570. The Kier molecular flexibility index (Phi) is 6.80. The average molecular weight is 527 g/mol. The van der Waals surface area contributed by atoms with Crippen molar-refractivity contribution in [2.45, 2.75) is 47.0 Å². The molecule has 2 aromatic carbocycles. The van der Waals surface area contributed by atoms with Crippen molar-refractivity contribution >= 4 is 39.2 Å². The Labute approximate surface area is 225 Å². The fourth-order valence-corrected chi connectivity index (χ4v) is 6.19. The molecule has 1 aliphatic carbocycles. The van der Waals surface area contributed by atoms with Gasteiger partial charge in [0, 0.05) is 10.4 Å². The lowest BCUT2D eigenvalue weighted by Crippen LogP contribution is -2.26. The maximum absolute atomic E-state index is 12.7. The van der Waals surface area contributed by atoms with Crippen LogP contribution in [0.4, 0.5) is 5.00 Å². The summed E-state index contributed by atoms with van der Waals surface area (Å²) in [6.45, 7) is 8.31. The van der Waals surface area contributed by atoms with Crippen molar-refractivity contribution in [3.8, 4) is 17.5 Å². The van der Waals surface area contributed by atoms with E-state index >= 15 is 0 Å². The van der Waals surface area contributed by atoms with E-state index in [2.05, 4.69) is 42.1 Å². The zero-order valence-electron chi connectivity index (χ0n) is 22.0. The van der Waals surface area contributed by atoms with Crippen LogP contribution in [-0.4, -0.2) is 28.5 Å². The first-order valence-corrected chi connectivity index (χ1v) is 13.5. The number of thiophene rings is 1. The number of amides is 1. The molecule has 2 N–H and O–H groups in total. The van der Waals surface area contributed by atoms with Gasteiger partial charge in [0.1, 0.15) is 16.9 Å². The number of nitrogens with zero attached hydrogens (tertiary/aromatic N) is 2.